The molecule has 2 aliphatic rings. The van der Waals surface area contributed by atoms with Gasteiger partial charge in [0, 0.05) is 31.9 Å². The second kappa shape index (κ2) is 4.89. The molecule has 1 aromatic rings. The molecule has 0 bridgehead atoms. The number of aromatic nitrogens is 1. The first-order valence-electron chi connectivity index (χ1n) is 7.09. The van der Waals surface area contributed by atoms with E-state index in [2.05, 4.69) is 10.3 Å². The topological polar surface area (TPSA) is 62.3 Å². The van der Waals surface area contributed by atoms with Crippen LogP contribution in [0.4, 0.5) is 0 Å². The Kier molecular flexibility index (Phi) is 3.20. The summed E-state index contributed by atoms with van der Waals surface area (Å²) in [6, 6.07) is 3.81. The molecule has 1 aliphatic carbocycles. The molecular formula is C15H19N3O2. The minimum Gasteiger partial charge on any atom is -0.342 e. The number of rotatable bonds is 3. The maximum Gasteiger partial charge on any atom is 0.248 e. The van der Waals surface area contributed by atoms with Crippen LogP contribution in [0.5, 0.6) is 0 Å². The van der Waals surface area contributed by atoms with E-state index >= 15 is 0 Å². The monoisotopic (exact) mass is 273 g/mol. The van der Waals surface area contributed by atoms with Gasteiger partial charge in [0.25, 0.3) is 0 Å². The minimum atomic E-state index is -0.722. The summed E-state index contributed by atoms with van der Waals surface area (Å²) >= 11 is 0. The number of carbonyl (C=O) groups is 2. The largest absolute Gasteiger partial charge is 0.342 e. The van der Waals surface area contributed by atoms with Gasteiger partial charge in [0.1, 0.15) is 5.54 Å². The number of nitrogens with one attached hydrogen (secondary N) is 1. The summed E-state index contributed by atoms with van der Waals surface area (Å²) in [5.41, 5.74) is 0.321. The molecule has 1 unspecified atom stereocenters. The summed E-state index contributed by atoms with van der Waals surface area (Å²) in [6.45, 7) is 2.89. The summed E-state index contributed by atoms with van der Waals surface area (Å²) in [7, 11) is 0. The molecule has 5 heteroatoms. The van der Waals surface area contributed by atoms with Gasteiger partial charge in [-0.1, -0.05) is 0 Å². The van der Waals surface area contributed by atoms with Gasteiger partial charge in [-0.3, -0.25) is 14.6 Å². The first-order valence-corrected chi connectivity index (χ1v) is 7.09. The van der Waals surface area contributed by atoms with Crippen molar-refractivity contribution in [3.8, 4) is 0 Å². The van der Waals surface area contributed by atoms with E-state index < -0.39 is 5.54 Å². The first kappa shape index (κ1) is 13.1. The average Bonchev–Trinajstić information content (AvgIpc) is 3.28. The van der Waals surface area contributed by atoms with Crippen LogP contribution in [0.3, 0.4) is 0 Å². The van der Waals surface area contributed by atoms with Crippen molar-refractivity contribution < 1.29 is 9.59 Å². The molecule has 1 atom stereocenters. The van der Waals surface area contributed by atoms with E-state index in [1.807, 2.05) is 19.1 Å². The van der Waals surface area contributed by atoms with Gasteiger partial charge in [-0.15, -0.1) is 0 Å². The SMILES string of the molecule is CC1(C2CC2)NC(=O)CCN(Cc2ccncc2)C1=O. The Morgan fingerprint density at radius 2 is 2.05 bits per heavy atom. The molecule has 1 aromatic heterocycles. The summed E-state index contributed by atoms with van der Waals surface area (Å²) in [6.07, 6.45) is 5.86. The van der Waals surface area contributed by atoms with Crippen LogP contribution in [-0.2, 0) is 16.1 Å². The van der Waals surface area contributed by atoms with E-state index in [9.17, 15) is 9.59 Å². The van der Waals surface area contributed by atoms with Crippen molar-refractivity contribution in [1.29, 1.82) is 0 Å². The van der Waals surface area contributed by atoms with E-state index in [1.165, 1.54) is 0 Å². The Morgan fingerprint density at radius 3 is 2.70 bits per heavy atom. The summed E-state index contributed by atoms with van der Waals surface area (Å²) in [4.78, 5) is 30.5. The lowest BCUT2D eigenvalue weighted by molar-refractivity contribution is -0.139. The van der Waals surface area contributed by atoms with E-state index in [0.29, 0.717) is 19.5 Å². The molecule has 5 nitrogen and oxygen atoms in total. The molecule has 0 aromatic carbocycles. The van der Waals surface area contributed by atoms with E-state index in [1.54, 1.807) is 17.3 Å². The molecule has 20 heavy (non-hydrogen) atoms. The van der Waals surface area contributed by atoms with Crippen molar-refractivity contribution in [2.24, 2.45) is 5.92 Å². The molecule has 1 saturated heterocycles. The molecule has 1 N–H and O–H groups in total. The molecular weight excluding hydrogens is 254 g/mol. The second-order valence-electron chi connectivity index (χ2n) is 5.86. The van der Waals surface area contributed by atoms with Crippen LogP contribution in [0.15, 0.2) is 24.5 Å². The minimum absolute atomic E-state index is 0.0232. The number of carbonyl (C=O) groups excluding carboxylic acids is 2. The lowest BCUT2D eigenvalue weighted by atomic mass is 9.94. The summed E-state index contributed by atoms with van der Waals surface area (Å²) in [5, 5.41) is 2.94. The zero-order valence-electron chi connectivity index (χ0n) is 11.6. The standard InChI is InChI=1S/C15H19N3O2/c1-15(12-2-3-12)14(20)18(9-6-13(19)17-15)10-11-4-7-16-8-5-11/h4-5,7-8,12H,2-3,6,9-10H2,1H3,(H,17,19). The Hall–Kier alpha value is -1.91. The van der Waals surface area contributed by atoms with Gasteiger partial charge >= 0.3 is 0 Å². The molecule has 1 saturated carbocycles. The predicted molar refractivity (Wildman–Crippen MR) is 73.5 cm³/mol. The second-order valence-corrected chi connectivity index (χ2v) is 5.86. The van der Waals surface area contributed by atoms with E-state index in [0.717, 1.165) is 18.4 Å². The number of nitrogens with zero attached hydrogens (tertiary/aromatic N) is 2. The summed E-state index contributed by atoms with van der Waals surface area (Å²) in [5.74, 6) is 0.310. The molecule has 1 aliphatic heterocycles. The van der Waals surface area contributed by atoms with Crippen LogP contribution in [-0.4, -0.2) is 33.8 Å². The zero-order valence-corrected chi connectivity index (χ0v) is 11.6. The van der Waals surface area contributed by atoms with Crippen LogP contribution in [0.2, 0.25) is 0 Å². The van der Waals surface area contributed by atoms with Crippen molar-refractivity contribution in [3.05, 3.63) is 30.1 Å². The van der Waals surface area contributed by atoms with E-state index in [-0.39, 0.29) is 17.7 Å². The fourth-order valence-electron chi connectivity index (χ4n) is 2.87. The smallest absolute Gasteiger partial charge is 0.248 e. The Balaban J connectivity index is 1.83. The van der Waals surface area contributed by atoms with Crippen LogP contribution in [0, 0.1) is 5.92 Å². The van der Waals surface area contributed by atoms with Crippen molar-refractivity contribution in [3.63, 3.8) is 0 Å². The maximum atomic E-state index is 12.8. The molecule has 2 amide bonds. The number of amides is 2. The molecule has 2 heterocycles. The average molecular weight is 273 g/mol. The number of pyridine rings is 1. The van der Waals surface area contributed by atoms with Gasteiger partial charge in [-0.2, -0.15) is 0 Å². The Labute approximate surface area is 118 Å². The molecule has 2 fully saturated rings. The Bertz CT molecular complexity index is 527. The normalized spacial score (nSPS) is 27.1. The molecule has 3 rings (SSSR count). The third-order valence-corrected chi connectivity index (χ3v) is 4.26. The van der Waals surface area contributed by atoms with Crippen molar-refractivity contribution >= 4 is 11.8 Å². The number of hydrogen-bond donors (Lipinski definition) is 1. The fraction of sp³-hybridized carbons (Fsp3) is 0.533. The van der Waals surface area contributed by atoms with Gasteiger partial charge in [0.05, 0.1) is 0 Å². The van der Waals surface area contributed by atoms with Gasteiger partial charge in [0.2, 0.25) is 11.8 Å². The van der Waals surface area contributed by atoms with Gasteiger partial charge in [-0.25, -0.2) is 0 Å². The summed E-state index contributed by atoms with van der Waals surface area (Å²) < 4.78 is 0. The Morgan fingerprint density at radius 1 is 1.35 bits per heavy atom. The van der Waals surface area contributed by atoms with Crippen molar-refractivity contribution in [2.75, 3.05) is 6.54 Å². The van der Waals surface area contributed by atoms with E-state index in [4.69, 9.17) is 0 Å². The number of hydrogen-bond acceptors (Lipinski definition) is 3. The zero-order chi connectivity index (χ0) is 14.2. The highest BCUT2D eigenvalue weighted by molar-refractivity contribution is 5.93. The van der Waals surface area contributed by atoms with Crippen LogP contribution in [0.1, 0.15) is 31.7 Å². The highest BCUT2D eigenvalue weighted by Gasteiger charge is 2.50. The predicted octanol–water partition coefficient (Wildman–Crippen LogP) is 1.10. The van der Waals surface area contributed by atoms with Crippen molar-refractivity contribution in [2.45, 2.75) is 38.3 Å². The van der Waals surface area contributed by atoms with Crippen LogP contribution >= 0.6 is 0 Å². The highest BCUT2D eigenvalue weighted by Crippen LogP contribution is 2.41. The quantitative estimate of drug-likeness (QED) is 0.897. The van der Waals surface area contributed by atoms with Gasteiger partial charge in [0.15, 0.2) is 0 Å². The van der Waals surface area contributed by atoms with Crippen molar-refractivity contribution in [1.82, 2.24) is 15.2 Å². The van der Waals surface area contributed by atoms with Crippen LogP contribution in [0.25, 0.3) is 0 Å². The van der Waals surface area contributed by atoms with Gasteiger partial charge in [-0.05, 0) is 43.4 Å². The lowest BCUT2D eigenvalue weighted by Crippen LogP contribution is -2.56. The fourth-order valence-corrected chi connectivity index (χ4v) is 2.87. The first-order chi connectivity index (χ1) is 9.59. The van der Waals surface area contributed by atoms with Crippen LogP contribution < -0.4 is 5.32 Å². The maximum absolute atomic E-state index is 12.8. The van der Waals surface area contributed by atoms with Gasteiger partial charge < -0.3 is 10.2 Å². The molecule has 0 spiro atoms. The third kappa shape index (κ3) is 2.40. The lowest BCUT2D eigenvalue weighted by Gasteiger charge is -2.32. The third-order valence-electron chi connectivity index (χ3n) is 4.26. The molecule has 106 valence electrons. The highest BCUT2D eigenvalue weighted by atomic mass is 16.2. The molecule has 0 radical (unpaired) electrons.